The zero-order valence-electron chi connectivity index (χ0n) is 15.4. The SMILES string of the molecule is Cc1nc(Nc2ccc(Br)cc2)sc1C(=O)N(C)c1cccc2ccccc12. The fourth-order valence-electron chi connectivity index (χ4n) is 3.07. The third-order valence-electron chi connectivity index (χ3n) is 4.52. The largest absolute Gasteiger partial charge is 0.332 e. The maximum absolute atomic E-state index is 13.2. The standard InChI is InChI=1S/C22H18BrN3OS/c1-14-20(28-22(24-14)25-17-12-10-16(23)11-13-17)21(27)26(2)19-9-5-7-15-6-3-4-8-18(15)19/h3-13H,1-2H3,(H,24,25). The van der Waals surface area contributed by atoms with Crippen molar-refractivity contribution in [3.05, 3.63) is 81.8 Å². The lowest BCUT2D eigenvalue weighted by Crippen LogP contribution is -2.26. The minimum Gasteiger partial charge on any atom is -0.332 e. The van der Waals surface area contributed by atoms with Crippen molar-refractivity contribution >= 4 is 60.5 Å². The molecule has 4 aromatic rings. The number of fused-ring (bicyclic) bond motifs is 1. The normalized spacial score (nSPS) is 10.8. The summed E-state index contributed by atoms with van der Waals surface area (Å²) in [6, 6.07) is 21.9. The molecular formula is C22H18BrN3OS. The summed E-state index contributed by atoms with van der Waals surface area (Å²) in [5, 5.41) is 6.14. The molecule has 1 N–H and O–H groups in total. The second-order valence-corrected chi connectivity index (χ2v) is 8.34. The summed E-state index contributed by atoms with van der Waals surface area (Å²) in [6.45, 7) is 1.87. The lowest BCUT2D eigenvalue weighted by Gasteiger charge is -2.19. The van der Waals surface area contributed by atoms with E-state index < -0.39 is 0 Å². The summed E-state index contributed by atoms with van der Waals surface area (Å²) in [5.41, 5.74) is 2.54. The van der Waals surface area contributed by atoms with Crippen molar-refractivity contribution in [2.24, 2.45) is 0 Å². The summed E-state index contributed by atoms with van der Waals surface area (Å²) >= 11 is 4.80. The number of aryl methyl sites for hydroxylation is 1. The molecule has 0 saturated heterocycles. The minimum atomic E-state index is -0.0600. The van der Waals surface area contributed by atoms with Gasteiger partial charge in [0.2, 0.25) is 0 Å². The number of aromatic nitrogens is 1. The Labute approximate surface area is 176 Å². The number of hydrogen-bond donors (Lipinski definition) is 1. The van der Waals surface area contributed by atoms with Gasteiger partial charge in [0.25, 0.3) is 5.91 Å². The van der Waals surface area contributed by atoms with Crippen LogP contribution in [-0.2, 0) is 0 Å². The van der Waals surface area contributed by atoms with Crippen LogP contribution >= 0.6 is 27.3 Å². The molecule has 0 aliphatic rings. The molecule has 4 rings (SSSR count). The predicted molar refractivity (Wildman–Crippen MR) is 121 cm³/mol. The van der Waals surface area contributed by atoms with Gasteiger partial charge in [0.1, 0.15) is 4.88 Å². The molecule has 140 valence electrons. The monoisotopic (exact) mass is 451 g/mol. The first kappa shape index (κ1) is 18.7. The number of benzene rings is 3. The van der Waals surface area contributed by atoms with Gasteiger partial charge in [-0.1, -0.05) is 63.7 Å². The number of hydrogen-bond acceptors (Lipinski definition) is 4. The van der Waals surface area contributed by atoms with Gasteiger partial charge >= 0.3 is 0 Å². The Kier molecular flexibility index (Phi) is 5.15. The zero-order chi connectivity index (χ0) is 19.7. The van der Waals surface area contributed by atoms with E-state index in [-0.39, 0.29) is 5.91 Å². The fraction of sp³-hybridized carbons (Fsp3) is 0.0909. The molecule has 0 fully saturated rings. The average Bonchev–Trinajstić information content (AvgIpc) is 3.08. The van der Waals surface area contributed by atoms with Gasteiger partial charge in [-0.25, -0.2) is 4.98 Å². The van der Waals surface area contributed by atoms with Crippen molar-refractivity contribution in [1.82, 2.24) is 4.98 Å². The second-order valence-electron chi connectivity index (χ2n) is 6.43. The van der Waals surface area contributed by atoms with E-state index in [0.29, 0.717) is 10.0 Å². The quantitative estimate of drug-likeness (QED) is 0.390. The maximum Gasteiger partial charge on any atom is 0.270 e. The molecule has 3 aromatic carbocycles. The van der Waals surface area contributed by atoms with Crippen LogP contribution in [0.5, 0.6) is 0 Å². The van der Waals surface area contributed by atoms with Crippen molar-refractivity contribution < 1.29 is 4.79 Å². The van der Waals surface area contributed by atoms with Crippen LogP contribution in [0.25, 0.3) is 10.8 Å². The third kappa shape index (κ3) is 3.66. The van der Waals surface area contributed by atoms with Gasteiger partial charge in [-0.3, -0.25) is 4.79 Å². The molecule has 0 radical (unpaired) electrons. The Morgan fingerprint density at radius 1 is 1.04 bits per heavy atom. The molecule has 0 spiro atoms. The summed E-state index contributed by atoms with van der Waals surface area (Å²) in [7, 11) is 1.81. The van der Waals surface area contributed by atoms with Crippen molar-refractivity contribution in [3.8, 4) is 0 Å². The van der Waals surface area contributed by atoms with Gasteiger partial charge in [0.05, 0.1) is 11.4 Å². The van der Waals surface area contributed by atoms with E-state index in [9.17, 15) is 4.79 Å². The van der Waals surface area contributed by atoms with E-state index in [0.717, 1.165) is 32.3 Å². The number of nitrogens with one attached hydrogen (secondary N) is 1. The van der Waals surface area contributed by atoms with Crippen molar-refractivity contribution in [2.45, 2.75) is 6.92 Å². The van der Waals surface area contributed by atoms with E-state index in [1.54, 1.807) is 4.90 Å². The number of carbonyl (C=O) groups is 1. The summed E-state index contributed by atoms with van der Waals surface area (Å²) < 4.78 is 1.01. The first-order chi connectivity index (χ1) is 13.5. The van der Waals surface area contributed by atoms with Crippen LogP contribution in [0.15, 0.2) is 71.2 Å². The maximum atomic E-state index is 13.2. The summed E-state index contributed by atoms with van der Waals surface area (Å²) in [4.78, 5) is 20.1. The molecule has 6 heteroatoms. The Morgan fingerprint density at radius 2 is 1.75 bits per heavy atom. The molecule has 0 aliphatic carbocycles. The molecule has 0 saturated carbocycles. The van der Waals surface area contributed by atoms with Crippen LogP contribution in [0.1, 0.15) is 15.4 Å². The Bertz CT molecular complexity index is 1150. The predicted octanol–water partition coefficient (Wildman–Crippen LogP) is 6.39. The Hall–Kier alpha value is -2.70. The molecule has 0 unspecified atom stereocenters. The first-order valence-electron chi connectivity index (χ1n) is 8.79. The number of halogens is 1. The molecule has 1 aromatic heterocycles. The molecule has 28 heavy (non-hydrogen) atoms. The summed E-state index contributed by atoms with van der Waals surface area (Å²) in [5.74, 6) is -0.0600. The number of carbonyl (C=O) groups excluding carboxylic acids is 1. The van der Waals surface area contributed by atoms with E-state index >= 15 is 0 Å². The molecule has 4 nitrogen and oxygen atoms in total. The van der Waals surface area contributed by atoms with Crippen LogP contribution in [0.3, 0.4) is 0 Å². The van der Waals surface area contributed by atoms with Gasteiger partial charge < -0.3 is 10.2 Å². The second kappa shape index (κ2) is 7.73. The van der Waals surface area contributed by atoms with Crippen LogP contribution in [0.2, 0.25) is 0 Å². The number of thiazole rings is 1. The molecule has 1 amide bonds. The van der Waals surface area contributed by atoms with Gasteiger partial charge in [-0.2, -0.15) is 0 Å². The highest BCUT2D eigenvalue weighted by Gasteiger charge is 2.21. The van der Waals surface area contributed by atoms with Crippen LogP contribution in [0, 0.1) is 6.92 Å². The van der Waals surface area contributed by atoms with Crippen molar-refractivity contribution in [1.29, 1.82) is 0 Å². The highest BCUT2D eigenvalue weighted by atomic mass is 79.9. The molecule has 0 bridgehead atoms. The van der Waals surface area contributed by atoms with Gasteiger partial charge in [0, 0.05) is 22.6 Å². The Morgan fingerprint density at radius 3 is 2.54 bits per heavy atom. The smallest absolute Gasteiger partial charge is 0.270 e. The van der Waals surface area contributed by atoms with E-state index in [1.165, 1.54) is 11.3 Å². The molecule has 0 atom stereocenters. The highest BCUT2D eigenvalue weighted by molar-refractivity contribution is 9.10. The van der Waals surface area contributed by atoms with E-state index in [1.807, 2.05) is 68.6 Å². The highest BCUT2D eigenvalue weighted by Crippen LogP contribution is 2.31. The number of anilines is 3. The molecule has 1 heterocycles. The van der Waals surface area contributed by atoms with E-state index in [2.05, 4.69) is 38.4 Å². The molecular weight excluding hydrogens is 434 g/mol. The zero-order valence-corrected chi connectivity index (χ0v) is 17.8. The van der Waals surface area contributed by atoms with Gasteiger partial charge in [0.15, 0.2) is 5.13 Å². The van der Waals surface area contributed by atoms with Crippen LogP contribution < -0.4 is 10.2 Å². The van der Waals surface area contributed by atoms with Crippen molar-refractivity contribution in [2.75, 3.05) is 17.3 Å². The first-order valence-corrected chi connectivity index (χ1v) is 10.4. The van der Waals surface area contributed by atoms with Gasteiger partial charge in [-0.05, 0) is 42.6 Å². The minimum absolute atomic E-state index is 0.0600. The van der Waals surface area contributed by atoms with E-state index in [4.69, 9.17) is 0 Å². The van der Waals surface area contributed by atoms with Crippen molar-refractivity contribution in [3.63, 3.8) is 0 Å². The number of nitrogens with zero attached hydrogens (tertiary/aromatic N) is 2. The third-order valence-corrected chi connectivity index (χ3v) is 6.11. The number of rotatable bonds is 4. The summed E-state index contributed by atoms with van der Waals surface area (Å²) in [6.07, 6.45) is 0. The number of amides is 1. The topological polar surface area (TPSA) is 45.2 Å². The fourth-order valence-corrected chi connectivity index (χ4v) is 4.29. The average molecular weight is 452 g/mol. The van der Waals surface area contributed by atoms with Crippen LogP contribution in [-0.4, -0.2) is 17.9 Å². The van der Waals surface area contributed by atoms with Gasteiger partial charge in [-0.15, -0.1) is 0 Å². The molecule has 0 aliphatic heterocycles. The Balaban J connectivity index is 1.62. The van der Waals surface area contributed by atoms with Crippen LogP contribution in [0.4, 0.5) is 16.5 Å². The lowest BCUT2D eigenvalue weighted by molar-refractivity contribution is 0.0996. The lowest BCUT2D eigenvalue weighted by atomic mass is 10.1.